The third kappa shape index (κ3) is 3.66. The third-order valence-electron chi connectivity index (χ3n) is 2.59. The molecule has 2 aromatic carbocycles. The zero-order chi connectivity index (χ0) is 14.7. The quantitative estimate of drug-likeness (QED) is 0.790. The Morgan fingerprint density at radius 2 is 1.90 bits per heavy atom. The standard InChI is InChI=1S/C14H9Cl2FO2S/c15-12-4-3-10(6-13(12)16)20-7-8-1-2-9(17)5-11(8)14(18)19/h1-6H,7H2,(H,18,19). The summed E-state index contributed by atoms with van der Waals surface area (Å²) in [7, 11) is 0. The molecule has 0 spiro atoms. The van der Waals surface area contributed by atoms with Gasteiger partial charge >= 0.3 is 5.97 Å². The summed E-state index contributed by atoms with van der Waals surface area (Å²) in [4.78, 5) is 11.9. The second-order valence-corrected chi connectivity index (χ2v) is 5.83. The summed E-state index contributed by atoms with van der Waals surface area (Å²) < 4.78 is 13.1. The molecule has 0 radical (unpaired) electrons. The SMILES string of the molecule is O=C(O)c1cc(F)ccc1CSc1ccc(Cl)c(Cl)c1. The molecule has 0 fully saturated rings. The summed E-state index contributed by atoms with van der Waals surface area (Å²) in [5.74, 6) is -1.31. The van der Waals surface area contributed by atoms with Gasteiger partial charge in [-0.15, -0.1) is 11.8 Å². The van der Waals surface area contributed by atoms with Crippen molar-refractivity contribution in [2.75, 3.05) is 0 Å². The number of hydrogen-bond acceptors (Lipinski definition) is 2. The molecule has 0 unspecified atom stereocenters. The van der Waals surface area contributed by atoms with Crippen molar-refractivity contribution in [3.05, 3.63) is 63.4 Å². The lowest BCUT2D eigenvalue weighted by molar-refractivity contribution is 0.0695. The summed E-state index contributed by atoms with van der Waals surface area (Å²) in [6.45, 7) is 0. The Bertz CT molecular complexity index is 662. The van der Waals surface area contributed by atoms with E-state index in [-0.39, 0.29) is 5.56 Å². The zero-order valence-electron chi connectivity index (χ0n) is 10.1. The van der Waals surface area contributed by atoms with Crippen molar-refractivity contribution < 1.29 is 14.3 Å². The smallest absolute Gasteiger partial charge is 0.336 e. The molecule has 0 saturated carbocycles. The first-order chi connectivity index (χ1) is 9.47. The molecule has 2 rings (SSSR count). The average Bonchev–Trinajstić information content (AvgIpc) is 2.41. The minimum Gasteiger partial charge on any atom is -0.478 e. The molecule has 1 N–H and O–H groups in total. The van der Waals surface area contributed by atoms with E-state index in [0.29, 0.717) is 21.4 Å². The molecule has 2 aromatic rings. The van der Waals surface area contributed by atoms with Gasteiger partial charge in [0.2, 0.25) is 0 Å². The molecule has 104 valence electrons. The van der Waals surface area contributed by atoms with E-state index in [1.807, 2.05) is 0 Å². The van der Waals surface area contributed by atoms with Gasteiger partial charge in [0.25, 0.3) is 0 Å². The molecule has 6 heteroatoms. The van der Waals surface area contributed by atoms with E-state index in [1.165, 1.54) is 23.9 Å². The second kappa shape index (κ2) is 6.48. The van der Waals surface area contributed by atoms with Crippen LogP contribution in [0.1, 0.15) is 15.9 Å². The number of hydrogen-bond donors (Lipinski definition) is 1. The highest BCUT2D eigenvalue weighted by Gasteiger charge is 2.11. The van der Waals surface area contributed by atoms with Gasteiger partial charge in [-0.2, -0.15) is 0 Å². The van der Waals surface area contributed by atoms with Crippen LogP contribution >= 0.6 is 35.0 Å². The molecule has 0 atom stereocenters. The van der Waals surface area contributed by atoms with Crippen LogP contribution in [0, 0.1) is 5.82 Å². The first-order valence-electron chi connectivity index (χ1n) is 5.57. The molecule has 20 heavy (non-hydrogen) atoms. The summed E-state index contributed by atoms with van der Waals surface area (Å²) in [6, 6.07) is 8.92. The van der Waals surface area contributed by atoms with Gasteiger partial charge in [0, 0.05) is 10.6 Å². The van der Waals surface area contributed by atoms with E-state index in [0.717, 1.165) is 11.0 Å². The Kier molecular flexibility index (Phi) is 4.91. The van der Waals surface area contributed by atoms with Gasteiger partial charge in [-0.25, -0.2) is 9.18 Å². The molecule has 0 aliphatic heterocycles. The van der Waals surface area contributed by atoms with Crippen LogP contribution in [0.3, 0.4) is 0 Å². The summed E-state index contributed by atoms with van der Waals surface area (Å²) >= 11 is 13.1. The molecule has 0 saturated heterocycles. The van der Waals surface area contributed by atoms with E-state index in [1.54, 1.807) is 18.2 Å². The van der Waals surface area contributed by atoms with Crippen molar-refractivity contribution in [1.82, 2.24) is 0 Å². The van der Waals surface area contributed by atoms with Gasteiger partial charge in [0.05, 0.1) is 15.6 Å². The predicted molar refractivity (Wildman–Crippen MR) is 79.4 cm³/mol. The Morgan fingerprint density at radius 3 is 2.55 bits per heavy atom. The zero-order valence-corrected chi connectivity index (χ0v) is 12.4. The van der Waals surface area contributed by atoms with Crippen LogP contribution in [0.2, 0.25) is 10.0 Å². The van der Waals surface area contributed by atoms with Crippen LogP contribution in [-0.4, -0.2) is 11.1 Å². The molecule has 0 aromatic heterocycles. The first kappa shape index (κ1) is 15.2. The number of thioether (sulfide) groups is 1. The van der Waals surface area contributed by atoms with Gasteiger partial charge in [-0.3, -0.25) is 0 Å². The number of carbonyl (C=O) groups is 1. The number of benzene rings is 2. The van der Waals surface area contributed by atoms with E-state index in [9.17, 15) is 9.18 Å². The van der Waals surface area contributed by atoms with Crippen LogP contribution in [-0.2, 0) is 5.75 Å². The topological polar surface area (TPSA) is 37.3 Å². The highest BCUT2D eigenvalue weighted by Crippen LogP contribution is 2.30. The van der Waals surface area contributed by atoms with Crippen molar-refractivity contribution in [2.45, 2.75) is 10.6 Å². The Morgan fingerprint density at radius 1 is 1.15 bits per heavy atom. The maximum atomic E-state index is 13.1. The van der Waals surface area contributed by atoms with Crippen molar-refractivity contribution in [1.29, 1.82) is 0 Å². The number of carboxylic acid groups (broad SMARTS) is 1. The fourth-order valence-electron chi connectivity index (χ4n) is 1.60. The molecule has 0 aliphatic carbocycles. The Balaban J connectivity index is 2.18. The average molecular weight is 331 g/mol. The van der Waals surface area contributed by atoms with Crippen LogP contribution < -0.4 is 0 Å². The normalized spacial score (nSPS) is 10.6. The van der Waals surface area contributed by atoms with Gasteiger partial charge in [0.1, 0.15) is 5.82 Å². The van der Waals surface area contributed by atoms with Gasteiger partial charge in [-0.05, 0) is 35.9 Å². The monoisotopic (exact) mass is 330 g/mol. The highest BCUT2D eigenvalue weighted by atomic mass is 35.5. The lowest BCUT2D eigenvalue weighted by Crippen LogP contribution is -2.02. The van der Waals surface area contributed by atoms with Crippen molar-refractivity contribution >= 4 is 40.9 Å². The number of carboxylic acids is 1. The largest absolute Gasteiger partial charge is 0.478 e. The van der Waals surface area contributed by atoms with Gasteiger partial charge in [-0.1, -0.05) is 29.3 Å². The lowest BCUT2D eigenvalue weighted by Gasteiger charge is -2.07. The lowest BCUT2D eigenvalue weighted by atomic mass is 10.1. The molecule has 2 nitrogen and oxygen atoms in total. The Hall–Kier alpha value is -1.23. The summed E-state index contributed by atoms with van der Waals surface area (Å²) in [5.41, 5.74) is 0.521. The maximum Gasteiger partial charge on any atom is 0.336 e. The molecule has 0 aliphatic rings. The van der Waals surface area contributed by atoms with Crippen LogP contribution in [0.5, 0.6) is 0 Å². The summed E-state index contributed by atoms with van der Waals surface area (Å²) in [5, 5.41) is 9.95. The summed E-state index contributed by atoms with van der Waals surface area (Å²) in [6.07, 6.45) is 0. The number of aromatic carboxylic acids is 1. The van der Waals surface area contributed by atoms with Gasteiger partial charge < -0.3 is 5.11 Å². The van der Waals surface area contributed by atoms with Crippen LogP contribution in [0.4, 0.5) is 4.39 Å². The third-order valence-corrected chi connectivity index (χ3v) is 4.37. The van der Waals surface area contributed by atoms with E-state index in [2.05, 4.69) is 0 Å². The predicted octanol–water partition coefficient (Wildman–Crippen LogP) is 5.12. The number of halogens is 3. The van der Waals surface area contributed by atoms with Gasteiger partial charge in [0.15, 0.2) is 0 Å². The molecular weight excluding hydrogens is 322 g/mol. The van der Waals surface area contributed by atoms with Crippen molar-refractivity contribution in [3.8, 4) is 0 Å². The second-order valence-electron chi connectivity index (χ2n) is 3.97. The van der Waals surface area contributed by atoms with Crippen LogP contribution in [0.25, 0.3) is 0 Å². The number of rotatable bonds is 4. The highest BCUT2D eigenvalue weighted by molar-refractivity contribution is 7.98. The van der Waals surface area contributed by atoms with E-state index >= 15 is 0 Å². The first-order valence-corrected chi connectivity index (χ1v) is 7.31. The van der Waals surface area contributed by atoms with Crippen LogP contribution in [0.15, 0.2) is 41.3 Å². The fraction of sp³-hybridized carbons (Fsp3) is 0.0714. The van der Waals surface area contributed by atoms with Crippen molar-refractivity contribution in [2.24, 2.45) is 0 Å². The molecular formula is C14H9Cl2FO2S. The van der Waals surface area contributed by atoms with E-state index in [4.69, 9.17) is 28.3 Å². The minimum absolute atomic E-state index is 0.0300. The Labute approximate surface area is 129 Å². The minimum atomic E-state index is -1.14. The fourth-order valence-corrected chi connectivity index (χ4v) is 2.90. The molecule has 0 heterocycles. The molecule has 0 bridgehead atoms. The van der Waals surface area contributed by atoms with Crippen molar-refractivity contribution in [3.63, 3.8) is 0 Å². The van der Waals surface area contributed by atoms with E-state index < -0.39 is 11.8 Å². The molecule has 0 amide bonds. The maximum absolute atomic E-state index is 13.1.